The second-order valence-electron chi connectivity index (χ2n) is 6.02. The highest BCUT2D eigenvalue weighted by atomic mass is 19.1. The molecule has 1 aromatic carbocycles. The van der Waals surface area contributed by atoms with Crippen molar-refractivity contribution in [2.45, 2.75) is 25.9 Å². The molecule has 122 valence electrons. The van der Waals surface area contributed by atoms with Crippen LogP contribution in [0.1, 0.15) is 40.6 Å². The van der Waals surface area contributed by atoms with Crippen LogP contribution in [0.3, 0.4) is 0 Å². The van der Waals surface area contributed by atoms with Gasteiger partial charge in [0.1, 0.15) is 11.6 Å². The molecule has 1 aliphatic heterocycles. The third kappa shape index (κ3) is 3.29. The van der Waals surface area contributed by atoms with Crippen molar-refractivity contribution in [2.75, 3.05) is 13.1 Å². The zero-order valence-electron chi connectivity index (χ0n) is 13.0. The van der Waals surface area contributed by atoms with Crippen molar-refractivity contribution in [1.29, 1.82) is 0 Å². The summed E-state index contributed by atoms with van der Waals surface area (Å²) in [7, 11) is 0. The molecule has 0 saturated carbocycles. The van der Waals surface area contributed by atoms with E-state index >= 15 is 0 Å². The molecule has 23 heavy (non-hydrogen) atoms. The Morgan fingerprint density at radius 3 is 2.48 bits per heavy atom. The van der Waals surface area contributed by atoms with Gasteiger partial charge in [-0.25, -0.2) is 4.39 Å². The largest absolute Gasteiger partial charge is 0.469 e. The number of likely N-dealkylation sites (tertiary alicyclic amines) is 1. The summed E-state index contributed by atoms with van der Waals surface area (Å²) in [5, 5.41) is 10.4. The SMILES string of the molecule is Cc1occc1C(=O)N1CCC([C@@H](O)c2ccc(F)cc2)CC1. The molecule has 1 amide bonds. The Hall–Kier alpha value is -2.14. The van der Waals surface area contributed by atoms with Crippen LogP contribution in [0.25, 0.3) is 0 Å². The Labute approximate surface area is 134 Å². The lowest BCUT2D eigenvalue weighted by molar-refractivity contribution is 0.0461. The zero-order valence-corrected chi connectivity index (χ0v) is 13.0. The number of furan rings is 1. The molecule has 3 rings (SSSR count). The number of nitrogens with zero attached hydrogens (tertiary/aromatic N) is 1. The number of piperidine rings is 1. The van der Waals surface area contributed by atoms with Crippen LogP contribution in [0.5, 0.6) is 0 Å². The summed E-state index contributed by atoms with van der Waals surface area (Å²) < 4.78 is 18.2. The van der Waals surface area contributed by atoms with Crippen molar-refractivity contribution in [3.8, 4) is 0 Å². The molecule has 2 heterocycles. The molecule has 1 atom stereocenters. The van der Waals surface area contributed by atoms with Crippen molar-refractivity contribution in [3.63, 3.8) is 0 Å². The normalized spacial score (nSPS) is 17.3. The van der Waals surface area contributed by atoms with Gasteiger partial charge in [0.05, 0.1) is 17.9 Å². The minimum Gasteiger partial charge on any atom is -0.469 e. The summed E-state index contributed by atoms with van der Waals surface area (Å²) in [6.45, 7) is 2.98. The van der Waals surface area contributed by atoms with E-state index in [0.29, 0.717) is 24.4 Å². The van der Waals surface area contributed by atoms with Crippen LogP contribution in [0.4, 0.5) is 4.39 Å². The molecule has 4 nitrogen and oxygen atoms in total. The molecule has 1 aliphatic rings. The Balaban J connectivity index is 1.61. The molecule has 0 aliphatic carbocycles. The average molecular weight is 317 g/mol. The number of hydrogen-bond acceptors (Lipinski definition) is 3. The third-order valence-corrected chi connectivity index (χ3v) is 4.57. The molecular formula is C18H20FNO3. The van der Waals surface area contributed by atoms with E-state index in [9.17, 15) is 14.3 Å². The van der Waals surface area contributed by atoms with E-state index in [1.165, 1.54) is 18.4 Å². The van der Waals surface area contributed by atoms with Crippen molar-refractivity contribution in [1.82, 2.24) is 4.90 Å². The minimum atomic E-state index is -0.622. The minimum absolute atomic E-state index is 0.0222. The van der Waals surface area contributed by atoms with E-state index in [1.807, 2.05) is 0 Å². The Morgan fingerprint density at radius 2 is 1.91 bits per heavy atom. The molecule has 0 unspecified atom stereocenters. The number of benzene rings is 1. The monoisotopic (exact) mass is 317 g/mol. The van der Waals surface area contributed by atoms with Crippen LogP contribution < -0.4 is 0 Å². The Morgan fingerprint density at radius 1 is 1.26 bits per heavy atom. The molecular weight excluding hydrogens is 297 g/mol. The van der Waals surface area contributed by atoms with E-state index in [1.54, 1.807) is 30.0 Å². The van der Waals surface area contributed by atoms with Gasteiger partial charge in [-0.3, -0.25) is 4.79 Å². The first kappa shape index (κ1) is 15.7. The van der Waals surface area contributed by atoms with Gasteiger partial charge in [-0.15, -0.1) is 0 Å². The predicted octanol–water partition coefficient (Wildman–Crippen LogP) is 3.31. The van der Waals surface area contributed by atoms with Crippen LogP contribution >= 0.6 is 0 Å². The quantitative estimate of drug-likeness (QED) is 0.945. The van der Waals surface area contributed by atoms with Gasteiger partial charge in [0, 0.05) is 13.1 Å². The van der Waals surface area contributed by atoms with Gasteiger partial charge < -0.3 is 14.4 Å². The first-order chi connectivity index (χ1) is 11.1. The van der Waals surface area contributed by atoms with Crippen molar-refractivity contribution in [3.05, 3.63) is 59.3 Å². The molecule has 1 saturated heterocycles. The third-order valence-electron chi connectivity index (χ3n) is 4.57. The van der Waals surface area contributed by atoms with Gasteiger partial charge in [-0.05, 0) is 49.4 Å². The fraction of sp³-hybridized carbons (Fsp3) is 0.389. The number of rotatable bonds is 3. The molecule has 5 heteroatoms. The van der Waals surface area contributed by atoms with Gasteiger partial charge in [-0.2, -0.15) is 0 Å². The number of aliphatic hydroxyl groups excluding tert-OH is 1. The van der Waals surface area contributed by atoms with Gasteiger partial charge in [0.25, 0.3) is 5.91 Å². The fourth-order valence-electron chi connectivity index (χ4n) is 3.13. The number of amides is 1. The lowest BCUT2D eigenvalue weighted by Crippen LogP contribution is -2.39. The maximum absolute atomic E-state index is 13.0. The summed E-state index contributed by atoms with van der Waals surface area (Å²) in [6, 6.07) is 7.65. The smallest absolute Gasteiger partial charge is 0.257 e. The maximum Gasteiger partial charge on any atom is 0.257 e. The van der Waals surface area contributed by atoms with Gasteiger partial charge >= 0.3 is 0 Å². The van der Waals surface area contributed by atoms with Crippen LogP contribution in [0.15, 0.2) is 41.0 Å². The summed E-state index contributed by atoms with van der Waals surface area (Å²) in [6.07, 6.45) is 2.35. The van der Waals surface area contributed by atoms with E-state index < -0.39 is 6.10 Å². The Bertz CT molecular complexity index is 672. The van der Waals surface area contributed by atoms with E-state index in [-0.39, 0.29) is 17.6 Å². The lowest BCUT2D eigenvalue weighted by atomic mass is 9.87. The van der Waals surface area contributed by atoms with Crippen molar-refractivity contribution in [2.24, 2.45) is 5.92 Å². The van der Waals surface area contributed by atoms with Crippen LogP contribution in [0.2, 0.25) is 0 Å². The van der Waals surface area contributed by atoms with Crippen molar-refractivity contribution < 1.29 is 18.7 Å². The fourth-order valence-corrected chi connectivity index (χ4v) is 3.13. The molecule has 0 spiro atoms. The molecule has 2 aromatic rings. The van der Waals surface area contributed by atoms with Crippen molar-refractivity contribution >= 4 is 5.91 Å². The number of aliphatic hydroxyl groups is 1. The van der Waals surface area contributed by atoms with Gasteiger partial charge in [-0.1, -0.05) is 12.1 Å². The number of halogens is 1. The molecule has 0 radical (unpaired) electrons. The lowest BCUT2D eigenvalue weighted by Gasteiger charge is -2.34. The number of carbonyl (C=O) groups excluding carboxylic acids is 1. The number of hydrogen-bond donors (Lipinski definition) is 1. The summed E-state index contributed by atoms with van der Waals surface area (Å²) in [4.78, 5) is 14.2. The number of aryl methyl sites for hydroxylation is 1. The number of carbonyl (C=O) groups is 1. The highest BCUT2D eigenvalue weighted by Crippen LogP contribution is 2.31. The first-order valence-corrected chi connectivity index (χ1v) is 7.83. The molecule has 0 bridgehead atoms. The summed E-state index contributed by atoms with van der Waals surface area (Å²) in [5.74, 6) is 0.376. The van der Waals surface area contributed by atoms with E-state index in [4.69, 9.17) is 4.42 Å². The zero-order chi connectivity index (χ0) is 16.4. The second kappa shape index (κ2) is 6.54. The molecule has 1 fully saturated rings. The highest BCUT2D eigenvalue weighted by Gasteiger charge is 2.29. The first-order valence-electron chi connectivity index (χ1n) is 7.83. The average Bonchev–Trinajstić information content (AvgIpc) is 3.00. The standard InChI is InChI=1S/C18H20FNO3/c1-12-16(8-11-23-12)18(22)20-9-6-14(7-10-20)17(21)13-2-4-15(19)5-3-13/h2-5,8,11,14,17,21H,6-7,9-10H2,1H3/t17-/m0/s1. The van der Waals surface area contributed by atoms with Crippen LogP contribution in [-0.4, -0.2) is 29.0 Å². The Kier molecular flexibility index (Phi) is 4.48. The molecule has 1 aromatic heterocycles. The highest BCUT2D eigenvalue weighted by molar-refractivity contribution is 5.95. The van der Waals surface area contributed by atoms with E-state index in [0.717, 1.165) is 18.4 Å². The van der Waals surface area contributed by atoms with Gasteiger partial charge in [0.15, 0.2) is 0 Å². The molecule has 1 N–H and O–H groups in total. The van der Waals surface area contributed by atoms with Crippen LogP contribution in [-0.2, 0) is 0 Å². The maximum atomic E-state index is 13.0. The summed E-state index contributed by atoms with van der Waals surface area (Å²) in [5.41, 5.74) is 1.32. The predicted molar refractivity (Wildman–Crippen MR) is 83.4 cm³/mol. The summed E-state index contributed by atoms with van der Waals surface area (Å²) >= 11 is 0. The van der Waals surface area contributed by atoms with Gasteiger partial charge in [0.2, 0.25) is 0 Å². The topological polar surface area (TPSA) is 53.7 Å². The van der Waals surface area contributed by atoms with Crippen LogP contribution in [0, 0.1) is 18.7 Å². The van der Waals surface area contributed by atoms with E-state index in [2.05, 4.69) is 0 Å². The second-order valence-corrected chi connectivity index (χ2v) is 6.02.